The molecule has 0 fully saturated rings. The molecule has 2 aromatic rings. The van der Waals surface area contributed by atoms with Crippen molar-refractivity contribution in [2.75, 3.05) is 0 Å². The molecule has 0 amide bonds. The molecule has 0 radical (unpaired) electrons. The Bertz CT molecular complexity index is 600. The normalized spacial score (nSPS) is 11.6. The lowest BCUT2D eigenvalue weighted by molar-refractivity contribution is 0.107. The van der Waals surface area contributed by atoms with Crippen molar-refractivity contribution in [1.29, 1.82) is 0 Å². The van der Waals surface area contributed by atoms with Crippen LogP contribution < -0.4 is 5.73 Å². The summed E-state index contributed by atoms with van der Waals surface area (Å²) in [6.07, 6.45) is 0. The average molecular weight is 291 g/mol. The zero-order valence-electron chi connectivity index (χ0n) is 10.8. The minimum Gasteiger partial charge on any atom is -0.409 e. The van der Waals surface area contributed by atoms with Crippen LogP contribution in [0, 0.1) is 0 Å². The number of halogens is 1. The molecule has 0 bridgehead atoms. The van der Waals surface area contributed by atoms with Crippen LogP contribution in [0.1, 0.15) is 16.7 Å². The second-order valence-electron chi connectivity index (χ2n) is 4.27. The van der Waals surface area contributed by atoms with Crippen molar-refractivity contribution in [3.63, 3.8) is 0 Å². The molecule has 0 spiro atoms. The van der Waals surface area contributed by atoms with E-state index in [4.69, 9.17) is 27.3 Å². The van der Waals surface area contributed by atoms with Gasteiger partial charge in [-0.2, -0.15) is 0 Å². The van der Waals surface area contributed by atoms with E-state index in [1.54, 1.807) is 18.2 Å². The summed E-state index contributed by atoms with van der Waals surface area (Å²) >= 11 is 6.14. The molecule has 0 saturated carbocycles. The molecule has 104 valence electrons. The number of hydrogen-bond donors (Lipinski definition) is 2. The first-order valence-electron chi connectivity index (χ1n) is 6.08. The van der Waals surface area contributed by atoms with Crippen molar-refractivity contribution in [2.24, 2.45) is 10.9 Å². The summed E-state index contributed by atoms with van der Waals surface area (Å²) in [5, 5.41) is 12.1. The highest BCUT2D eigenvalue weighted by atomic mass is 35.5. The van der Waals surface area contributed by atoms with E-state index < -0.39 is 0 Å². The number of hydrogen-bond acceptors (Lipinski definition) is 3. The van der Waals surface area contributed by atoms with Gasteiger partial charge in [0.15, 0.2) is 5.84 Å². The van der Waals surface area contributed by atoms with Crippen LogP contribution in [0.2, 0.25) is 5.02 Å². The molecule has 0 aliphatic carbocycles. The fourth-order valence-corrected chi connectivity index (χ4v) is 1.97. The molecule has 2 rings (SSSR count). The lowest BCUT2D eigenvalue weighted by Crippen LogP contribution is -2.13. The van der Waals surface area contributed by atoms with Crippen LogP contribution in [-0.2, 0) is 18.0 Å². The van der Waals surface area contributed by atoms with E-state index in [-0.39, 0.29) is 5.84 Å². The van der Waals surface area contributed by atoms with E-state index in [1.807, 2.05) is 30.3 Å². The standard InChI is InChI=1S/C15H15ClN2O2/c16-14-8-12(15(17)18-19)6-7-13(14)10-20-9-11-4-2-1-3-5-11/h1-8,19H,9-10H2,(H2,17,18). The van der Waals surface area contributed by atoms with Gasteiger partial charge >= 0.3 is 0 Å². The molecule has 0 aliphatic rings. The van der Waals surface area contributed by atoms with Gasteiger partial charge in [0.2, 0.25) is 0 Å². The van der Waals surface area contributed by atoms with E-state index >= 15 is 0 Å². The first kappa shape index (κ1) is 14.4. The Morgan fingerprint density at radius 3 is 2.55 bits per heavy atom. The highest BCUT2D eigenvalue weighted by Crippen LogP contribution is 2.19. The molecule has 3 N–H and O–H groups in total. The second kappa shape index (κ2) is 6.93. The molecule has 2 aromatic carbocycles. The van der Waals surface area contributed by atoms with Crippen molar-refractivity contribution in [1.82, 2.24) is 0 Å². The summed E-state index contributed by atoms with van der Waals surface area (Å²) in [6.45, 7) is 0.934. The molecule has 0 atom stereocenters. The second-order valence-corrected chi connectivity index (χ2v) is 4.68. The van der Waals surface area contributed by atoms with E-state index in [1.165, 1.54) is 0 Å². The third-order valence-electron chi connectivity index (χ3n) is 2.83. The molecule has 0 heterocycles. The number of benzene rings is 2. The molecule has 20 heavy (non-hydrogen) atoms. The molecule has 0 saturated heterocycles. The monoisotopic (exact) mass is 290 g/mol. The predicted molar refractivity (Wildman–Crippen MR) is 78.9 cm³/mol. The Kier molecular flexibility index (Phi) is 4.98. The number of nitrogens with two attached hydrogens (primary N) is 1. The minimum atomic E-state index is 0.0312. The fraction of sp³-hybridized carbons (Fsp3) is 0.133. The summed E-state index contributed by atoms with van der Waals surface area (Å²) in [5.41, 5.74) is 8.04. The fourth-order valence-electron chi connectivity index (χ4n) is 1.73. The van der Waals surface area contributed by atoms with Crippen molar-refractivity contribution in [3.05, 3.63) is 70.2 Å². The third kappa shape index (κ3) is 3.73. The Hall–Kier alpha value is -2.04. The van der Waals surface area contributed by atoms with Crippen LogP contribution in [0.3, 0.4) is 0 Å². The minimum absolute atomic E-state index is 0.0312. The summed E-state index contributed by atoms with van der Waals surface area (Å²) < 4.78 is 5.62. The number of nitrogens with zero attached hydrogens (tertiary/aromatic N) is 1. The van der Waals surface area contributed by atoms with Gasteiger partial charge in [-0.3, -0.25) is 0 Å². The first-order chi connectivity index (χ1) is 9.70. The molecule has 0 unspecified atom stereocenters. The molecule has 0 aliphatic heterocycles. The van der Waals surface area contributed by atoms with Crippen molar-refractivity contribution < 1.29 is 9.94 Å². The smallest absolute Gasteiger partial charge is 0.170 e. The van der Waals surface area contributed by atoms with Crippen LogP contribution in [0.5, 0.6) is 0 Å². The lowest BCUT2D eigenvalue weighted by atomic mass is 10.1. The number of ether oxygens (including phenoxy) is 1. The van der Waals surface area contributed by atoms with Gasteiger partial charge in [-0.05, 0) is 17.2 Å². The Labute approximate surface area is 122 Å². The van der Waals surface area contributed by atoms with Crippen LogP contribution in [0.4, 0.5) is 0 Å². The summed E-state index contributed by atoms with van der Waals surface area (Å²) in [5.74, 6) is 0.0312. The Balaban J connectivity index is 1.97. The van der Waals surface area contributed by atoms with Gasteiger partial charge in [0.05, 0.1) is 13.2 Å². The van der Waals surface area contributed by atoms with Crippen LogP contribution >= 0.6 is 11.6 Å². The van der Waals surface area contributed by atoms with Gasteiger partial charge in [0, 0.05) is 10.6 Å². The highest BCUT2D eigenvalue weighted by molar-refractivity contribution is 6.31. The van der Waals surface area contributed by atoms with Gasteiger partial charge in [-0.15, -0.1) is 0 Å². The topological polar surface area (TPSA) is 67.8 Å². The van der Waals surface area contributed by atoms with E-state index in [0.29, 0.717) is 23.8 Å². The van der Waals surface area contributed by atoms with Crippen molar-refractivity contribution in [2.45, 2.75) is 13.2 Å². The molecule has 4 nitrogen and oxygen atoms in total. The van der Waals surface area contributed by atoms with Gasteiger partial charge in [-0.1, -0.05) is 59.2 Å². The summed E-state index contributed by atoms with van der Waals surface area (Å²) in [6, 6.07) is 15.1. The molecular weight excluding hydrogens is 276 g/mol. The zero-order chi connectivity index (χ0) is 14.4. The van der Waals surface area contributed by atoms with Crippen molar-refractivity contribution >= 4 is 17.4 Å². The Morgan fingerprint density at radius 2 is 1.90 bits per heavy atom. The summed E-state index contributed by atoms with van der Waals surface area (Å²) in [7, 11) is 0. The van der Waals surface area contributed by atoms with Crippen LogP contribution in [0.25, 0.3) is 0 Å². The lowest BCUT2D eigenvalue weighted by Gasteiger charge is -2.08. The Morgan fingerprint density at radius 1 is 1.15 bits per heavy atom. The van der Waals surface area contributed by atoms with E-state index in [2.05, 4.69) is 5.16 Å². The van der Waals surface area contributed by atoms with E-state index in [0.717, 1.165) is 11.1 Å². The number of rotatable bonds is 5. The maximum absolute atomic E-state index is 8.61. The van der Waals surface area contributed by atoms with Crippen molar-refractivity contribution in [3.8, 4) is 0 Å². The largest absolute Gasteiger partial charge is 0.409 e. The van der Waals surface area contributed by atoms with Gasteiger partial charge in [0.1, 0.15) is 0 Å². The molecular formula is C15H15ClN2O2. The predicted octanol–water partition coefficient (Wildman–Crippen LogP) is 3.15. The first-order valence-corrected chi connectivity index (χ1v) is 6.46. The van der Waals surface area contributed by atoms with E-state index in [9.17, 15) is 0 Å². The third-order valence-corrected chi connectivity index (χ3v) is 3.18. The number of amidine groups is 1. The molecule has 0 aromatic heterocycles. The van der Waals surface area contributed by atoms with Crippen LogP contribution in [-0.4, -0.2) is 11.0 Å². The summed E-state index contributed by atoms with van der Waals surface area (Å²) in [4.78, 5) is 0. The maximum Gasteiger partial charge on any atom is 0.170 e. The zero-order valence-corrected chi connectivity index (χ0v) is 11.5. The maximum atomic E-state index is 8.61. The quantitative estimate of drug-likeness (QED) is 0.385. The SMILES string of the molecule is N/C(=N/O)c1ccc(COCc2ccccc2)c(Cl)c1. The van der Waals surface area contributed by atoms with Gasteiger partial charge in [-0.25, -0.2) is 0 Å². The molecule has 5 heteroatoms. The van der Waals surface area contributed by atoms with Gasteiger partial charge < -0.3 is 15.7 Å². The highest BCUT2D eigenvalue weighted by Gasteiger charge is 2.05. The average Bonchev–Trinajstić information content (AvgIpc) is 2.49. The number of oxime groups is 1. The van der Waals surface area contributed by atoms with Gasteiger partial charge in [0.25, 0.3) is 0 Å². The van der Waals surface area contributed by atoms with Crippen LogP contribution in [0.15, 0.2) is 53.7 Å².